The number of anilines is 1. The van der Waals surface area contributed by atoms with Crippen molar-refractivity contribution < 1.29 is 14.1 Å². The second kappa shape index (κ2) is 6.53. The van der Waals surface area contributed by atoms with Crippen LogP contribution < -0.4 is 10.1 Å². The fourth-order valence-corrected chi connectivity index (χ4v) is 2.29. The zero-order valence-corrected chi connectivity index (χ0v) is 12.7. The fraction of sp³-hybridized carbons (Fsp3) is 0.143. The molecule has 0 heterocycles. The van der Waals surface area contributed by atoms with E-state index in [1.165, 1.54) is 7.11 Å². The highest BCUT2D eigenvalue weighted by Gasteiger charge is 2.14. The van der Waals surface area contributed by atoms with Gasteiger partial charge in [0.2, 0.25) is 0 Å². The largest absolute Gasteiger partial charge is 0.496 e. The number of methoxy groups -OCH3 is 1. The summed E-state index contributed by atoms with van der Waals surface area (Å²) < 4.78 is 19.3. The lowest BCUT2D eigenvalue weighted by Crippen LogP contribution is -2.04. The maximum atomic E-state index is 13.3. The van der Waals surface area contributed by atoms with E-state index in [1.807, 2.05) is 12.1 Å². The van der Waals surface area contributed by atoms with Gasteiger partial charge in [0.1, 0.15) is 17.3 Å². The van der Waals surface area contributed by atoms with E-state index in [-0.39, 0.29) is 17.9 Å². The lowest BCUT2D eigenvalue weighted by Gasteiger charge is -2.11. The molecule has 0 saturated heterocycles. The van der Waals surface area contributed by atoms with Gasteiger partial charge in [-0.15, -0.1) is 0 Å². The van der Waals surface area contributed by atoms with Crippen molar-refractivity contribution in [1.82, 2.24) is 0 Å². The average Bonchev–Trinajstić information content (AvgIpc) is 2.45. The van der Waals surface area contributed by atoms with Crippen LogP contribution in [0.25, 0.3) is 0 Å². The molecule has 0 aliphatic heterocycles. The van der Waals surface area contributed by atoms with Gasteiger partial charge in [-0.25, -0.2) is 4.39 Å². The van der Waals surface area contributed by atoms with Crippen LogP contribution in [-0.2, 0) is 6.54 Å². The molecule has 0 aliphatic carbocycles. The summed E-state index contributed by atoms with van der Waals surface area (Å²) in [5.74, 6) is 0.106. The van der Waals surface area contributed by atoms with Crippen molar-refractivity contribution in [2.45, 2.75) is 6.54 Å². The highest BCUT2D eigenvalue weighted by molar-refractivity contribution is 9.10. The first kappa shape index (κ1) is 15.2. The summed E-state index contributed by atoms with van der Waals surface area (Å²) in [5, 5.41) is 13.8. The van der Waals surface area contributed by atoms with Gasteiger partial charge in [-0.05, 0) is 24.3 Å². The highest BCUT2D eigenvalue weighted by atomic mass is 79.9. The summed E-state index contributed by atoms with van der Waals surface area (Å²) in [5.41, 5.74) is 0.748. The van der Waals surface area contributed by atoms with Gasteiger partial charge in [0.05, 0.1) is 12.0 Å². The molecule has 2 rings (SSSR count). The number of hydrogen-bond acceptors (Lipinski definition) is 4. The molecule has 110 valence electrons. The van der Waals surface area contributed by atoms with E-state index in [0.29, 0.717) is 5.75 Å². The number of rotatable bonds is 5. The lowest BCUT2D eigenvalue weighted by molar-refractivity contribution is -0.384. The molecule has 7 heteroatoms. The molecular weight excluding hydrogens is 343 g/mol. The molecule has 0 amide bonds. The molecule has 0 bridgehead atoms. The molecule has 1 N–H and O–H groups in total. The Bertz CT molecular complexity index is 679. The number of hydrogen-bond donors (Lipinski definition) is 1. The Morgan fingerprint density at radius 2 is 2.10 bits per heavy atom. The highest BCUT2D eigenvalue weighted by Crippen LogP contribution is 2.28. The van der Waals surface area contributed by atoms with E-state index >= 15 is 0 Å². The zero-order chi connectivity index (χ0) is 15.4. The predicted molar refractivity (Wildman–Crippen MR) is 81.1 cm³/mol. The van der Waals surface area contributed by atoms with Gasteiger partial charge in [-0.2, -0.15) is 0 Å². The van der Waals surface area contributed by atoms with Crippen LogP contribution in [0.4, 0.5) is 15.8 Å². The first-order valence-electron chi connectivity index (χ1n) is 6.01. The van der Waals surface area contributed by atoms with E-state index in [4.69, 9.17) is 4.74 Å². The Kier molecular flexibility index (Phi) is 4.74. The summed E-state index contributed by atoms with van der Waals surface area (Å²) in [6.45, 7) is 0.271. The Morgan fingerprint density at radius 3 is 2.76 bits per heavy atom. The smallest absolute Gasteiger partial charge is 0.292 e. The van der Waals surface area contributed by atoms with E-state index < -0.39 is 10.7 Å². The predicted octanol–water partition coefficient (Wildman–Crippen LogP) is 4.12. The van der Waals surface area contributed by atoms with E-state index in [0.717, 1.165) is 28.2 Å². The second-order valence-corrected chi connectivity index (χ2v) is 5.14. The van der Waals surface area contributed by atoms with Crippen molar-refractivity contribution >= 4 is 27.3 Å². The normalized spacial score (nSPS) is 10.2. The Morgan fingerprint density at radius 1 is 1.33 bits per heavy atom. The Hall–Kier alpha value is -2.15. The maximum absolute atomic E-state index is 13.3. The number of halogens is 2. The third-order valence-corrected chi connectivity index (χ3v) is 3.36. The van der Waals surface area contributed by atoms with Crippen molar-refractivity contribution in [1.29, 1.82) is 0 Å². The van der Waals surface area contributed by atoms with Gasteiger partial charge in [0.25, 0.3) is 5.69 Å². The molecule has 0 fully saturated rings. The van der Waals surface area contributed by atoms with Gasteiger partial charge in [-0.3, -0.25) is 10.1 Å². The van der Waals surface area contributed by atoms with Crippen LogP contribution in [0.5, 0.6) is 5.75 Å². The number of ether oxygens (including phenoxy) is 1. The van der Waals surface area contributed by atoms with E-state index in [1.54, 1.807) is 6.07 Å². The number of nitro benzene ring substituents is 1. The summed E-state index contributed by atoms with van der Waals surface area (Å²) >= 11 is 3.35. The molecule has 0 aromatic heterocycles. The van der Waals surface area contributed by atoms with Crippen molar-refractivity contribution in [3.63, 3.8) is 0 Å². The summed E-state index contributed by atoms with van der Waals surface area (Å²) in [4.78, 5) is 10.4. The average molecular weight is 355 g/mol. The monoisotopic (exact) mass is 354 g/mol. The van der Waals surface area contributed by atoms with E-state index in [9.17, 15) is 14.5 Å². The third-order valence-electron chi connectivity index (χ3n) is 2.87. The van der Waals surface area contributed by atoms with Crippen LogP contribution in [0.1, 0.15) is 5.56 Å². The number of nitro groups is 1. The third kappa shape index (κ3) is 3.69. The van der Waals surface area contributed by atoms with Gasteiger partial charge in [0, 0.05) is 28.7 Å². The minimum absolute atomic E-state index is 0.127. The number of nitrogens with zero attached hydrogens (tertiary/aromatic N) is 1. The molecule has 21 heavy (non-hydrogen) atoms. The zero-order valence-electron chi connectivity index (χ0n) is 11.1. The molecule has 0 atom stereocenters. The molecule has 0 saturated carbocycles. The fourth-order valence-electron chi connectivity index (χ4n) is 1.88. The van der Waals surface area contributed by atoms with Crippen molar-refractivity contribution in [2.75, 3.05) is 12.4 Å². The minimum Gasteiger partial charge on any atom is -0.496 e. The van der Waals surface area contributed by atoms with Gasteiger partial charge in [0.15, 0.2) is 0 Å². The lowest BCUT2D eigenvalue weighted by atomic mass is 10.2. The van der Waals surface area contributed by atoms with Crippen LogP contribution in [0, 0.1) is 15.9 Å². The molecule has 0 radical (unpaired) electrons. The molecule has 0 spiro atoms. The van der Waals surface area contributed by atoms with Crippen molar-refractivity contribution in [3.8, 4) is 5.75 Å². The molecule has 2 aromatic carbocycles. The topological polar surface area (TPSA) is 64.4 Å². The molecule has 5 nitrogen and oxygen atoms in total. The summed E-state index contributed by atoms with van der Waals surface area (Å²) in [6.07, 6.45) is 0. The van der Waals surface area contributed by atoms with Gasteiger partial charge in [-0.1, -0.05) is 15.9 Å². The first-order valence-corrected chi connectivity index (χ1v) is 6.81. The van der Waals surface area contributed by atoms with Crippen LogP contribution >= 0.6 is 15.9 Å². The molecule has 2 aromatic rings. The molecule has 0 unspecified atom stereocenters. The first-order chi connectivity index (χ1) is 10.0. The van der Waals surface area contributed by atoms with Crippen LogP contribution in [0.15, 0.2) is 40.9 Å². The standard InChI is InChI=1S/C14H12BrFN2O3/c1-21-14-5-2-10(15)6-9(14)8-17-12-7-11(16)3-4-13(12)18(19)20/h2-7,17H,8H2,1H3. The van der Waals surface area contributed by atoms with Gasteiger partial charge < -0.3 is 10.1 Å². The van der Waals surface area contributed by atoms with Crippen LogP contribution in [0.3, 0.4) is 0 Å². The number of nitrogens with one attached hydrogen (secondary N) is 1. The Balaban J connectivity index is 2.26. The SMILES string of the molecule is COc1ccc(Br)cc1CNc1cc(F)ccc1[N+](=O)[O-]. The summed E-state index contributed by atoms with van der Waals surface area (Å²) in [6, 6.07) is 8.73. The molecular formula is C14H12BrFN2O3. The Labute approximate surface area is 129 Å². The van der Waals surface area contributed by atoms with Crippen LogP contribution in [0.2, 0.25) is 0 Å². The van der Waals surface area contributed by atoms with E-state index in [2.05, 4.69) is 21.2 Å². The maximum Gasteiger partial charge on any atom is 0.292 e. The van der Waals surface area contributed by atoms with Crippen molar-refractivity contribution in [3.05, 3.63) is 62.4 Å². The molecule has 0 aliphatic rings. The minimum atomic E-state index is -0.556. The van der Waals surface area contributed by atoms with Gasteiger partial charge >= 0.3 is 0 Å². The van der Waals surface area contributed by atoms with Crippen molar-refractivity contribution in [2.24, 2.45) is 0 Å². The quantitative estimate of drug-likeness (QED) is 0.647. The number of benzene rings is 2. The summed E-state index contributed by atoms with van der Waals surface area (Å²) in [7, 11) is 1.54. The second-order valence-electron chi connectivity index (χ2n) is 4.23. The van der Waals surface area contributed by atoms with Crippen LogP contribution in [-0.4, -0.2) is 12.0 Å².